The second kappa shape index (κ2) is 15.6. The Bertz CT molecular complexity index is 4980. The largest absolute Gasteiger partial charge is 0.455 e. The van der Waals surface area contributed by atoms with E-state index in [1.54, 1.807) is 0 Å². The summed E-state index contributed by atoms with van der Waals surface area (Å²) in [6.07, 6.45) is 0. The van der Waals surface area contributed by atoms with Gasteiger partial charge in [-0.25, -0.2) is 0 Å². The molecule has 0 fully saturated rings. The van der Waals surface area contributed by atoms with Crippen LogP contribution < -0.4 is 15.8 Å². The van der Waals surface area contributed by atoms with Crippen LogP contribution in [0.2, 0.25) is 0 Å². The highest BCUT2D eigenvalue weighted by atomic mass is 16.3. The monoisotopic (exact) mass is 1020 g/mol. The molecule has 0 saturated heterocycles. The first-order valence-corrected chi connectivity index (χ1v) is 28.4. The van der Waals surface area contributed by atoms with Crippen molar-refractivity contribution in [3.63, 3.8) is 0 Å². The van der Waals surface area contributed by atoms with Crippen LogP contribution in [0.3, 0.4) is 0 Å². The average Bonchev–Trinajstić information content (AvgIpc) is 2.02. The second-order valence-corrected chi connectivity index (χ2v) is 25.7. The summed E-state index contributed by atoms with van der Waals surface area (Å²) in [4.78, 5) is 2.69. The molecule has 0 spiro atoms. The molecule has 4 nitrogen and oxygen atoms in total. The number of fused-ring (bicyclic) bond motifs is 18. The third-order valence-corrected chi connectivity index (χ3v) is 18.4. The van der Waals surface area contributed by atoms with Crippen LogP contribution in [0, 0.1) is 41.5 Å². The maximum atomic E-state index is 7.42. The van der Waals surface area contributed by atoms with Crippen molar-refractivity contribution in [2.45, 2.75) is 93.9 Å². The lowest BCUT2D eigenvalue weighted by Crippen LogP contribution is -2.57. The fourth-order valence-electron chi connectivity index (χ4n) is 15.2. The smallest absolute Gasteiger partial charge is 0.333 e. The second-order valence-electron chi connectivity index (χ2n) is 25.7. The molecule has 4 aromatic heterocycles. The summed E-state index contributed by atoms with van der Waals surface area (Å²) >= 11 is 0. The summed E-state index contributed by atoms with van der Waals surface area (Å²) in [6, 6.07) is 61.3. The van der Waals surface area contributed by atoms with Gasteiger partial charge in [-0.05, 0) is 186 Å². The van der Waals surface area contributed by atoms with E-state index in [2.05, 4.69) is 255 Å². The van der Waals surface area contributed by atoms with Crippen LogP contribution in [0.15, 0.2) is 162 Å². The number of aromatic nitrogens is 2. The fourth-order valence-corrected chi connectivity index (χ4v) is 15.2. The van der Waals surface area contributed by atoms with E-state index in [0.29, 0.717) is 0 Å². The SMILES string of the molecule is Cc1cc(C)c(-c2ccc3c(c2)c2cc(-c4c(C)cc(C)cc4C)cc4c2n3B2c3c(cc5c(oc6ccccc65)c3-4)N(c3cc(C(C)(C)C)cc(C(C)(C)C)c3)c3cc4c5ccccc5n5c6ccccc6c(c32)c45)c(C)c1. The number of anilines is 3. The van der Waals surface area contributed by atoms with Gasteiger partial charge < -0.3 is 18.2 Å². The van der Waals surface area contributed by atoms with E-state index in [1.807, 2.05) is 0 Å². The van der Waals surface area contributed by atoms with E-state index < -0.39 is 0 Å². The average molecular weight is 1020 g/mol. The summed E-state index contributed by atoms with van der Waals surface area (Å²) in [5, 5.41) is 9.89. The van der Waals surface area contributed by atoms with Crippen LogP contribution >= 0.6 is 0 Å². The van der Waals surface area contributed by atoms with Gasteiger partial charge in [0.05, 0.1) is 16.6 Å². The number of hydrogen-bond donors (Lipinski definition) is 0. The van der Waals surface area contributed by atoms with Crippen LogP contribution in [0.4, 0.5) is 17.1 Å². The number of hydrogen-bond acceptors (Lipinski definition) is 2. The molecule has 382 valence electrons. The molecule has 14 aromatic rings. The molecule has 16 rings (SSSR count). The first-order chi connectivity index (χ1) is 37.9. The van der Waals surface area contributed by atoms with Crippen molar-refractivity contribution in [2.24, 2.45) is 0 Å². The first kappa shape index (κ1) is 46.6. The molecule has 0 saturated carbocycles. The topological polar surface area (TPSA) is 25.7 Å². The highest BCUT2D eigenvalue weighted by Crippen LogP contribution is 2.54. The summed E-state index contributed by atoms with van der Waals surface area (Å²) in [6.45, 7) is 27.5. The molecule has 10 aromatic carbocycles. The normalized spacial score (nSPS) is 13.5. The molecule has 0 unspecified atom stereocenters. The predicted octanol–water partition coefficient (Wildman–Crippen LogP) is 19.0. The first-order valence-electron chi connectivity index (χ1n) is 28.4. The van der Waals surface area contributed by atoms with Crippen LogP contribution in [-0.4, -0.2) is 15.7 Å². The van der Waals surface area contributed by atoms with Crippen LogP contribution in [0.25, 0.3) is 115 Å². The van der Waals surface area contributed by atoms with Crippen LogP contribution in [-0.2, 0) is 10.8 Å². The standard InChI is InChI=1S/C74H62BN3O/c1-39-27-41(3)64(42(4)28-39)45-25-26-60-53(31-45)54-32-46(65-43(5)29-40(2)30-44(65)6)33-57-67-69-62(38-56-51-20-15-18-24-63(51)79-72(56)67)76(49-35-47(73(7,8)9)34-48(36-49)74(10,11)12)61-37-55-50-19-13-16-22-58(50)77-59-23-17-14-21-52(59)66(71(55)77)68(61)75(69)78(60)70(54)57/h13-38H,1-12H3. The van der Waals surface area contributed by atoms with Crippen LogP contribution in [0.1, 0.15) is 86.1 Å². The van der Waals surface area contributed by atoms with Gasteiger partial charge in [0.2, 0.25) is 0 Å². The highest BCUT2D eigenvalue weighted by molar-refractivity contribution is 6.92. The zero-order chi connectivity index (χ0) is 54.0. The molecule has 0 amide bonds. The third kappa shape index (κ3) is 6.22. The summed E-state index contributed by atoms with van der Waals surface area (Å²) < 4.78 is 12.8. The zero-order valence-corrected chi connectivity index (χ0v) is 47.3. The summed E-state index contributed by atoms with van der Waals surface area (Å²) in [7, 11) is 0. The number of furan rings is 1. The van der Waals surface area contributed by atoms with Crippen molar-refractivity contribution in [3.05, 3.63) is 202 Å². The highest BCUT2D eigenvalue weighted by Gasteiger charge is 2.47. The molecular formula is C74H62BN3O. The Morgan fingerprint density at radius 3 is 1.62 bits per heavy atom. The number of rotatable bonds is 3. The lowest BCUT2D eigenvalue weighted by atomic mass is 9.44. The Hall–Kier alpha value is -8.54. The predicted molar refractivity (Wildman–Crippen MR) is 339 cm³/mol. The van der Waals surface area contributed by atoms with E-state index in [1.165, 1.54) is 166 Å². The molecule has 79 heavy (non-hydrogen) atoms. The van der Waals surface area contributed by atoms with Gasteiger partial charge in [0.25, 0.3) is 0 Å². The zero-order valence-electron chi connectivity index (χ0n) is 47.3. The van der Waals surface area contributed by atoms with Gasteiger partial charge in [-0.15, -0.1) is 0 Å². The lowest BCUT2D eigenvalue weighted by Gasteiger charge is -2.41. The van der Waals surface area contributed by atoms with Gasteiger partial charge in [-0.1, -0.05) is 144 Å². The lowest BCUT2D eigenvalue weighted by molar-refractivity contribution is 0.569. The minimum Gasteiger partial charge on any atom is -0.455 e. The Balaban J connectivity index is 1.16. The molecule has 5 heteroatoms. The maximum Gasteiger partial charge on any atom is 0.333 e. The minimum atomic E-state index is -0.242. The molecule has 0 atom stereocenters. The Morgan fingerprint density at radius 2 is 0.962 bits per heavy atom. The van der Waals surface area contributed by atoms with E-state index in [-0.39, 0.29) is 17.7 Å². The summed E-state index contributed by atoms with van der Waals surface area (Å²) in [5.74, 6) is 0. The van der Waals surface area contributed by atoms with Crippen molar-refractivity contribution in [1.82, 2.24) is 8.88 Å². The Kier molecular flexibility index (Phi) is 9.19. The van der Waals surface area contributed by atoms with Crippen molar-refractivity contribution in [1.29, 1.82) is 0 Å². The van der Waals surface area contributed by atoms with Gasteiger partial charge in [-0.2, -0.15) is 0 Å². The van der Waals surface area contributed by atoms with Gasteiger partial charge >= 0.3 is 6.85 Å². The van der Waals surface area contributed by atoms with E-state index in [0.717, 1.165) is 21.9 Å². The van der Waals surface area contributed by atoms with Gasteiger partial charge in [0.1, 0.15) is 11.2 Å². The van der Waals surface area contributed by atoms with Crippen LogP contribution in [0.5, 0.6) is 0 Å². The van der Waals surface area contributed by atoms with E-state index in [9.17, 15) is 0 Å². The molecular weight excluding hydrogens is 958 g/mol. The molecule has 0 radical (unpaired) electrons. The number of aryl methyl sites for hydroxylation is 6. The molecule has 6 heterocycles. The number of benzene rings is 10. The van der Waals surface area contributed by atoms with E-state index >= 15 is 0 Å². The molecule has 0 N–H and O–H groups in total. The molecule has 0 bridgehead atoms. The van der Waals surface area contributed by atoms with Gasteiger partial charge in [0.15, 0.2) is 0 Å². The number of nitrogens with zero attached hydrogens (tertiary/aromatic N) is 3. The van der Waals surface area contributed by atoms with E-state index in [4.69, 9.17) is 4.42 Å². The summed E-state index contributed by atoms with van der Waals surface area (Å²) in [5.41, 5.74) is 31.8. The van der Waals surface area contributed by atoms with Crippen molar-refractivity contribution >= 4 is 117 Å². The Labute approximate surface area is 462 Å². The molecule has 2 aliphatic rings. The van der Waals surface area contributed by atoms with Crippen molar-refractivity contribution < 1.29 is 4.42 Å². The van der Waals surface area contributed by atoms with Gasteiger partial charge in [-0.3, -0.25) is 0 Å². The van der Waals surface area contributed by atoms with Gasteiger partial charge in [0, 0.05) is 82.3 Å². The fraction of sp³-hybridized carbons (Fsp3) is 0.189. The third-order valence-electron chi connectivity index (χ3n) is 18.4. The number of para-hydroxylation sites is 3. The minimum absolute atomic E-state index is 0.114. The maximum absolute atomic E-state index is 7.42. The Morgan fingerprint density at radius 1 is 0.418 bits per heavy atom. The van der Waals surface area contributed by atoms with Crippen molar-refractivity contribution in [3.8, 4) is 33.4 Å². The quantitative estimate of drug-likeness (QED) is 0.165. The molecule has 0 aliphatic carbocycles. The molecule has 2 aliphatic heterocycles. The van der Waals surface area contributed by atoms with Crippen molar-refractivity contribution in [2.75, 3.05) is 4.90 Å².